The van der Waals surface area contributed by atoms with Gasteiger partial charge in [0, 0.05) is 6.92 Å². The van der Waals surface area contributed by atoms with Gasteiger partial charge in [-0.15, -0.1) is 0 Å². The highest BCUT2D eigenvalue weighted by Crippen LogP contribution is 2.03. The molecule has 1 atom stereocenters. The zero-order valence-electron chi connectivity index (χ0n) is 5.64. The van der Waals surface area contributed by atoms with E-state index >= 15 is 0 Å². The van der Waals surface area contributed by atoms with Crippen molar-refractivity contribution in [1.82, 2.24) is 0 Å². The predicted octanol–water partition coefficient (Wildman–Crippen LogP) is 0.990. The summed E-state index contributed by atoms with van der Waals surface area (Å²) in [5.41, 5.74) is 0. The Hall–Kier alpha value is 0.137. The van der Waals surface area contributed by atoms with Crippen LogP contribution in [0.3, 0.4) is 0 Å². The summed E-state index contributed by atoms with van der Waals surface area (Å²) in [6.45, 7) is 9.30. The fraction of sp³-hybridized carbons (Fsp3) is 0.800. The maximum Gasteiger partial charge on any atom is 0.187 e. The second-order valence-electron chi connectivity index (χ2n) is 2.68. The van der Waals surface area contributed by atoms with Gasteiger partial charge in [0.1, 0.15) is 6.29 Å². The minimum atomic E-state index is -1.53. The van der Waals surface area contributed by atoms with E-state index in [1.807, 2.05) is 19.6 Å². The van der Waals surface area contributed by atoms with Crippen LogP contribution >= 0.6 is 0 Å². The number of aliphatic hydroxyl groups is 1. The third-order valence-electron chi connectivity index (χ3n) is 0.490. The van der Waals surface area contributed by atoms with Gasteiger partial charge in [-0.3, -0.25) is 0 Å². The van der Waals surface area contributed by atoms with Crippen molar-refractivity contribution in [3.8, 4) is 0 Å². The summed E-state index contributed by atoms with van der Waals surface area (Å²) >= 11 is 0. The molecule has 0 heterocycles. The molecule has 0 rings (SSSR count). The molecule has 1 radical (unpaired) electrons. The maximum absolute atomic E-state index is 8.59. The Kier molecular flexibility index (Phi) is 2.66. The molecule has 1 N–H and O–H groups in total. The molecular weight excluding hydrogens is 120 g/mol. The van der Waals surface area contributed by atoms with Crippen LogP contribution in [0.5, 0.6) is 0 Å². The molecule has 0 amide bonds. The maximum atomic E-state index is 8.59. The fourth-order valence-electron chi connectivity index (χ4n) is 0.408. The van der Waals surface area contributed by atoms with E-state index in [1.54, 1.807) is 0 Å². The number of rotatable bonds is 2. The van der Waals surface area contributed by atoms with Crippen LogP contribution in [-0.2, 0) is 4.43 Å². The van der Waals surface area contributed by atoms with Gasteiger partial charge in [-0.2, -0.15) is 0 Å². The highest BCUT2D eigenvalue weighted by molar-refractivity contribution is 6.69. The SMILES string of the molecule is [CH2]C(O)O[Si](C)(C)C. The van der Waals surface area contributed by atoms with Crippen LogP contribution in [0, 0.1) is 6.92 Å². The average Bonchev–Trinajstić information content (AvgIpc) is 1.21. The van der Waals surface area contributed by atoms with E-state index in [4.69, 9.17) is 9.53 Å². The van der Waals surface area contributed by atoms with Gasteiger partial charge in [0.15, 0.2) is 8.32 Å². The van der Waals surface area contributed by atoms with Crippen molar-refractivity contribution in [2.24, 2.45) is 0 Å². The van der Waals surface area contributed by atoms with Crippen LogP contribution in [0.15, 0.2) is 0 Å². The van der Waals surface area contributed by atoms with Crippen molar-refractivity contribution >= 4 is 8.32 Å². The highest BCUT2D eigenvalue weighted by atomic mass is 28.4. The van der Waals surface area contributed by atoms with Gasteiger partial charge < -0.3 is 9.53 Å². The summed E-state index contributed by atoms with van der Waals surface area (Å²) in [5.74, 6) is 0. The standard InChI is InChI=1S/C5H13O2Si/c1-5(6)7-8(2,3)4/h5-6H,1H2,2-4H3. The number of hydrogen-bond donors (Lipinski definition) is 1. The van der Waals surface area contributed by atoms with Gasteiger partial charge in [-0.25, -0.2) is 0 Å². The van der Waals surface area contributed by atoms with Crippen LogP contribution in [-0.4, -0.2) is 19.7 Å². The molecule has 0 aromatic heterocycles. The highest BCUT2D eigenvalue weighted by Gasteiger charge is 2.15. The third-order valence-corrected chi connectivity index (χ3v) is 1.47. The summed E-state index contributed by atoms with van der Waals surface area (Å²) in [6, 6.07) is 0. The van der Waals surface area contributed by atoms with E-state index in [0.29, 0.717) is 0 Å². The monoisotopic (exact) mass is 133 g/mol. The Labute approximate surface area is 51.6 Å². The summed E-state index contributed by atoms with van der Waals surface area (Å²) in [7, 11) is -1.53. The van der Waals surface area contributed by atoms with Crippen LogP contribution in [0.1, 0.15) is 0 Å². The predicted molar refractivity (Wildman–Crippen MR) is 35.8 cm³/mol. The largest absolute Gasteiger partial charge is 0.393 e. The lowest BCUT2D eigenvalue weighted by atomic mass is 10.8. The van der Waals surface area contributed by atoms with Gasteiger partial charge >= 0.3 is 0 Å². The lowest BCUT2D eigenvalue weighted by Gasteiger charge is -2.18. The molecule has 0 spiro atoms. The topological polar surface area (TPSA) is 29.5 Å². The average molecular weight is 133 g/mol. The van der Waals surface area contributed by atoms with Crippen LogP contribution in [0.25, 0.3) is 0 Å². The summed E-state index contributed by atoms with van der Waals surface area (Å²) < 4.78 is 5.02. The van der Waals surface area contributed by atoms with Gasteiger partial charge in [-0.1, -0.05) is 0 Å². The number of aliphatic hydroxyl groups excluding tert-OH is 1. The van der Waals surface area contributed by atoms with Crippen LogP contribution in [0.2, 0.25) is 19.6 Å². The van der Waals surface area contributed by atoms with Crippen molar-refractivity contribution < 1.29 is 9.53 Å². The first-order valence-electron chi connectivity index (χ1n) is 2.61. The zero-order chi connectivity index (χ0) is 6.78. The van der Waals surface area contributed by atoms with Gasteiger partial charge in [0.25, 0.3) is 0 Å². The first kappa shape index (κ1) is 8.14. The molecule has 0 aliphatic rings. The second kappa shape index (κ2) is 2.62. The van der Waals surface area contributed by atoms with E-state index in [2.05, 4.69) is 6.92 Å². The second-order valence-corrected chi connectivity index (χ2v) is 7.15. The lowest BCUT2D eigenvalue weighted by molar-refractivity contribution is 0.0158. The molecule has 0 fully saturated rings. The molecule has 0 saturated heterocycles. The molecule has 1 unspecified atom stereocenters. The first-order chi connectivity index (χ1) is 3.42. The molecule has 8 heavy (non-hydrogen) atoms. The van der Waals surface area contributed by atoms with E-state index in [1.165, 1.54) is 0 Å². The normalized spacial score (nSPS) is 16.1. The molecular formula is C5H13O2Si. The van der Waals surface area contributed by atoms with Crippen molar-refractivity contribution in [3.05, 3.63) is 6.92 Å². The zero-order valence-corrected chi connectivity index (χ0v) is 6.64. The first-order valence-corrected chi connectivity index (χ1v) is 6.01. The Morgan fingerprint density at radius 1 is 1.50 bits per heavy atom. The fourth-order valence-corrected chi connectivity index (χ4v) is 1.22. The van der Waals surface area contributed by atoms with Crippen molar-refractivity contribution in [2.75, 3.05) is 0 Å². The lowest BCUT2D eigenvalue weighted by Crippen LogP contribution is -2.30. The molecule has 0 aliphatic heterocycles. The third kappa shape index (κ3) is 6.14. The minimum absolute atomic E-state index is 0.846. The van der Waals surface area contributed by atoms with Crippen molar-refractivity contribution in [3.63, 3.8) is 0 Å². The van der Waals surface area contributed by atoms with E-state index < -0.39 is 14.6 Å². The van der Waals surface area contributed by atoms with Gasteiger partial charge in [0.2, 0.25) is 0 Å². The molecule has 0 saturated carbocycles. The molecule has 49 valence electrons. The molecule has 0 aromatic rings. The quantitative estimate of drug-likeness (QED) is 0.449. The summed E-state index contributed by atoms with van der Waals surface area (Å²) in [5, 5.41) is 8.59. The Balaban J connectivity index is 3.39. The van der Waals surface area contributed by atoms with E-state index in [-0.39, 0.29) is 0 Å². The van der Waals surface area contributed by atoms with Crippen molar-refractivity contribution in [1.29, 1.82) is 0 Å². The molecule has 3 heteroatoms. The number of hydrogen-bond acceptors (Lipinski definition) is 2. The molecule has 0 aliphatic carbocycles. The van der Waals surface area contributed by atoms with E-state index in [9.17, 15) is 0 Å². The summed E-state index contributed by atoms with van der Waals surface area (Å²) in [6.07, 6.45) is -0.846. The van der Waals surface area contributed by atoms with Crippen molar-refractivity contribution in [2.45, 2.75) is 25.9 Å². The Morgan fingerprint density at radius 3 is 1.88 bits per heavy atom. The van der Waals surface area contributed by atoms with E-state index in [0.717, 1.165) is 0 Å². The molecule has 2 nitrogen and oxygen atoms in total. The Morgan fingerprint density at radius 2 is 1.88 bits per heavy atom. The smallest absolute Gasteiger partial charge is 0.187 e. The summed E-state index contributed by atoms with van der Waals surface area (Å²) in [4.78, 5) is 0. The van der Waals surface area contributed by atoms with Gasteiger partial charge in [0.05, 0.1) is 0 Å². The van der Waals surface area contributed by atoms with Crippen LogP contribution < -0.4 is 0 Å². The molecule has 0 bridgehead atoms. The minimum Gasteiger partial charge on any atom is -0.393 e. The Bertz CT molecular complexity index is 65.3. The molecule has 0 aromatic carbocycles. The van der Waals surface area contributed by atoms with Crippen LogP contribution in [0.4, 0.5) is 0 Å². The van der Waals surface area contributed by atoms with Gasteiger partial charge in [-0.05, 0) is 19.6 Å².